The normalized spacial score (nSPS) is 20.2. The summed E-state index contributed by atoms with van der Waals surface area (Å²) in [4.78, 5) is 19.6. The van der Waals surface area contributed by atoms with Gasteiger partial charge in [0.2, 0.25) is 11.8 Å². The van der Waals surface area contributed by atoms with Crippen LogP contribution in [0, 0.1) is 0 Å². The molecule has 168 valence electrons. The molecule has 5 heterocycles. The van der Waals surface area contributed by atoms with E-state index >= 15 is 0 Å². The van der Waals surface area contributed by atoms with Gasteiger partial charge in [-0.15, -0.1) is 0 Å². The molecule has 0 amide bonds. The average molecular weight is 445 g/mol. The molecule has 0 radical (unpaired) electrons. The summed E-state index contributed by atoms with van der Waals surface area (Å²) < 4.78 is 10.9. The fourth-order valence-electron chi connectivity index (χ4n) is 4.23. The Morgan fingerprint density at radius 1 is 1.15 bits per heavy atom. The zero-order valence-corrected chi connectivity index (χ0v) is 18.0. The third kappa shape index (κ3) is 3.97. The van der Waals surface area contributed by atoms with Gasteiger partial charge < -0.3 is 19.5 Å². The van der Waals surface area contributed by atoms with Crippen LogP contribution in [0.25, 0.3) is 11.4 Å². The van der Waals surface area contributed by atoms with Gasteiger partial charge in [-0.05, 0) is 25.3 Å². The summed E-state index contributed by atoms with van der Waals surface area (Å²) in [6, 6.07) is 5.86. The SMILES string of the molecule is COc1cncc(-c2cc([C@@H]3CC(Nc4cc(C5CC5)[nH]n4)CN3c3ncccn3)on2)n1. The van der Waals surface area contributed by atoms with Crippen LogP contribution in [-0.2, 0) is 0 Å². The molecule has 4 aromatic rings. The first-order chi connectivity index (χ1) is 16.3. The van der Waals surface area contributed by atoms with Crippen molar-refractivity contribution in [3.8, 4) is 17.3 Å². The predicted octanol–water partition coefficient (Wildman–Crippen LogP) is 2.96. The minimum absolute atomic E-state index is 0.0911. The molecular weight excluding hydrogens is 422 g/mol. The van der Waals surface area contributed by atoms with Crippen molar-refractivity contribution in [2.45, 2.75) is 37.3 Å². The standard InChI is InChI=1S/C22H23N9O2/c1-32-21-11-23-10-17(27-21)16-8-19(33-30-16)18-7-14(12-31(18)22-24-5-2-6-25-22)26-20-9-15(28-29-20)13-3-4-13/h2,5-6,8-11,13-14,18H,3-4,7,12H2,1H3,(H2,26,28,29)/t14?,18-/m0/s1. The molecule has 2 N–H and O–H groups in total. The molecule has 2 fully saturated rings. The van der Waals surface area contributed by atoms with Gasteiger partial charge >= 0.3 is 0 Å². The van der Waals surface area contributed by atoms with Gasteiger partial charge in [-0.1, -0.05) is 5.16 Å². The predicted molar refractivity (Wildman–Crippen MR) is 119 cm³/mol. The van der Waals surface area contributed by atoms with Crippen molar-refractivity contribution in [2.24, 2.45) is 0 Å². The largest absolute Gasteiger partial charge is 0.480 e. The molecule has 6 rings (SSSR count). The molecule has 4 aromatic heterocycles. The van der Waals surface area contributed by atoms with Crippen molar-refractivity contribution in [3.05, 3.63) is 54.4 Å². The number of aromatic amines is 1. The van der Waals surface area contributed by atoms with Crippen molar-refractivity contribution < 1.29 is 9.26 Å². The molecular formula is C22H23N9O2. The lowest BCUT2D eigenvalue weighted by atomic mass is 10.1. The van der Waals surface area contributed by atoms with Gasteiger partial charge in [-0.2, -0.15) is 5.10 Å². The van der Waals surface area contributed by atoms with Crippen LogP contribution in [0.5, 0.6) is 5.88 Å². The van der Waals surface area contributed by atoms with E-state index in [4.69, 9.17) is 9.26 Å². The lowest BCUT2D eigenvalue weighted by molar-refractivity contribution is 0.361. The van der Waals surface area contributed by atoms with Gasteiger partial charge in [-0.25, -0.2) is 15.0 Å². The summed E-state index contributed by atoms with van der Waals surface area (Å²) in [5.74, 6) is 3.28. The summed E-state index contributed by atoms with van der Waals surface area (Å²) in [5, 5.41) is 15.4. The Morgan fingerprint density at radius 2 is 2.03 bits per heavy atom. The van der Waals surface area contributed by atoms with Crippen LogP contribution in [0.2, 0.25) is 0 Å². The molecule has 0 bridgehead atoms. The van der Waals surface area contributed by atoms with E-state index < -0.39 is 0 Å². The summed E-state index contributed by atoms with van der Waals surface area (Å²) in [6.45, 7) is 0.704. The smallest absolute Gasteiger partial charge is 0.232 e. The van der Waals surface area contributed by atoms with Gasteiger partial charge in [-0.3, -0.25) is 10.1 Å². The summed E-state index contributed by atoms with van der Waals surface area (Å²) in [7, 11) is 1.55. The minimum Gasteiger partial charge on any atom is -0.480 e. The Labute approximate surface area is 189 Å². The molecule has 2 atom stereocenters. The Bertz CT molecular complexity index is 1240. The molecule has 0 spiro atoms. The molecule has 1 saturated heterocycles. The van der Waals surface area contributed by atoms with E-state index in [1.54, 1.807) is 38.0 Å². The average Bonchev–Trinajstić information content (AvgIpc) is 3.24. The quantitative estimate of drug-likeness (QED) is 0.438. The van der Waals surface area contributed by atoms with Gasteiger partial charge in [0.25, 0.3) is 0 Å². The summed E-state index contributed by atoms with van der Waals surface area (Å²) >= 11 is 0. The number of nitrogens with one attached hydrogen (secondary N) is 2. The maximum absolute atomic E-state index is 5.77. The molecule has 2 aliphatic rings. The highest BCUT2D eigenvalue weighted by Gasteiger charge is 2.38. The summed E-state index contributed by atoms with van der Waals surface area (Å²) in [6.07, 6.45) is 9.92. The molecule has 1 aliphatic heterocycles. The molecule has 11 heteroatoms. The van der Waals surface area contributed by atoms with Crippen LogP contribution in [-0.4, -0.2) is 55.0 Å². The molecule has 1 unspecified atom stereocenters. The van der Waals surface area contributed by atoms with Crippen molar-refractivity contribution in [2.75, 3.05) is 23.9 Å². The lowest BCUT2D eigenvalue weighted by Crippen LogP contribution is -2.28. The minimum atomic E-state index is -0.0911. The third-order valence-electron chi connectivity index (χ3n) is 6.02. The van der Waals surface area contributed by atoms with Crippen LogP contribution in [0.4, 0.5) is 11.8 Å². The number of methoxy groups -OCH3 is 1. The number of hydrogen-bond acceptors (Lipinski definition) is 10. The van der Waals surface area contributed by atoms with E-state index in [1.165, 1.54) is 18.5 Å². The zero-order valence-electron chi connectivity index (χ0n) is 18.0. The van der Waals surface area contributed by atoms with Gasteiger partial charge in [0.15, 0.2) is 5.76 Å². The highest BCUT2D eigenvalue weighted by Crippen LogP contribution is 2.40. The van der Waals surface area contributed by atoms with Crippen LogP contribution in [0.15, 0.2) is 47.5 Å². The monoisotopic (exact) mass is 445 g/mol. The molecule has 0 aromatic carbocycles. The van der Waals surface area contributed by atoms with E-state index in [0.717, 1.165) is 12.2 Å². The number of hydrogen-bond donors (Lipinski definition) is 2. The Kier molecular flexibility index (Phi) is 4.85. The number of aromatic nitrogens is 7. The first-order valence-electron chi connectivity index (χ1n) is 11.0. The van der Waals surface area contributed by atoms with E-state index in [9.17, 15) is 0 Å². The Morgan fingerprint density at radius 3 is 2.85 bits per heavy atom. The third-order valence-corrected chi connectivity index (χ3v) is 6.02. The Balaban J connectivity index is 1.26. The molecule has 33 heavy (non-hydrogen) atoms. The Hall–Kier alpha value is -4.02. The van der Waals surface area contributed by atoms with Crippen molar-refractivity contribution in [3.63, 3.8) is 0 Å². The van der Waals surface area contributed by atoms with Crippen molar-refractivity contribution >= 4 is 11.8 Å². The van der Waals surface area contributed by atoms with Crippen LogP contribution >= 0.6 is 0 Å². The van der Waals surface area contributed by atoms with Crippen LogP contribution < -0.4 is 15.0 Å². The zero-order chi connectivity index (χ0) is 22.2. The lowest BCUT2D eigenvalue weighted by Gasteiger charge is -2.21. The molecule has 11 nitrogen and oxygen atoms in total. The number of ether oxygens (including phenoxy) is 1. The topological polar surface area (TPSA) is 131 Å². The van der Waals surface area contributed by atoms with Crippen molar-refractivity contribution in [1.82, 2.24) is 35.3 Å². The second-order valence-electron chi connectivity index (χ2n) is 8.34. The summed E-state index contributed by atoms with van der Waals surface area (Å²) in [5.41, 5.74) is 2.39. The second-order valence-corrected chi connectivity index (χ2v) is 8.34. The van der Waals surface area contributed by atoms with Crippen LogP contribution in [0.3, 0.4) is 0 Å². The highest BCUT2D eigenvalue weighted by molar-refractivity contribution is 5.54. The maximum Gasteiger partial charge on any atom is 0.232 e. The van der Waals surface area contributed by atoms with E-state index in [-0.39, 0.29) is 12.1 Å². The first kappa shape index (κ1) is 19.6. The first-order valence-corrected chi connectivity index (χ1v) is 11.0. The van der Waals surface area contributed by atoms with Gasteiger partial charge in [0, 0.05) is 48.7 Å². The van der Waals surface area contributed by atoms with Crippen molar-refractivity contribution in [1.29, 1.82) is 0 Å². The van der Waals surface area contributed by atoms with E-state index in [0.29, 0.717) is 41.4 Å². The number of anilines is 2. The van der Waals surface area contributed by atoms with Crippen LogP contribution in [0.1, 0.15) is 42.7 Å². The second kappa shape index (κ2) is 8.15. The highest BCUT2D eigenvalue weighted by atomic mass is 16.5. The van der Waals surface area contributed by atoms with E-state index in [1.807, 2.05) is 6.07 Å². The fourth-order valence-corrected chi connectivity index (χ4v) is 4.23. The van der Waals surface area contributed by atoms with Gasteiger partial charge in [0.05, 0.1) is 25.5 Å². The number of nitrogens with zero attached hydrogens (tertiary/aromatic N) is 7. The van der Waals surface area contributed by atoms with Gasteiger partial charge in [0.1, 0.15) is 17.2 Å². The maximum atomic E-state index is 5.77. The fraction of sp³-hybridized carbons (Fsp3) is 0.364. The number of rotatable bonds is 7. The number of H-pyrrole nitrogens is 1. The molecule has 1 saturated carbocycles. The molecule has 1 aliphatic carbocycles. The van der Waals surface area contributed by atoms with E-state index in [2.05, 4.69) is 51.6 Å².